The van der Waals surface area contributed by atoms with Crippen molar-refractivity contribution in [2.45, 2.75) is 180 Å². The number of methoxy groups -OCH3 is 1. The van der Waals surface area contributed by atoms with Gasteiger partial charge in [-0.1, -0.05) is 80.4 Å². The van der Waals surface area contributed by atoms with Crippen LogP contribution in [0.15, 0.2) is 97.2 Å². The zero-order valence-corrected chi connectivity index (χ0v) is 57.3. The van der Waals surface area contributed by atoms with Gasteiger partial charge in [-0.15, -0.1) is 0 Å². The van der Waals surface area contributed by atoms with Crippen molar-refractivity contribution < 1.29 is 66.6 Å². The molecule has 99 heavy (non-hydrogen) atoms. The molecule has 2 unspecified atom stereocenters. The van der Waals surface area contributed by atoms with Crippen molar-refractivity contribution >= 4 is 76.5 Å². The van der Waals surface area contributed by atoms with Gasteiger partial charge in [0, 0.05) is 101 Å². The minimum absolute atomic E-state index is 0.0433. The number of hydrazine groups is 1. The number of unbranched alkanes of at least 4 members (excludes halogenated alkanes) is 3. The van der Waals surface area contributed by atoms with Gasteiger partial charge in [0.05, 0.1) is 13.7 Å². The van der Waals surface area contributed by atoms with E-state index in [1.807, 2.05) is 56.4 Å². The monoisotopic (exact) mass is 1370 g/mol. The topological polar surface area (TPSA) is 320 Å². The van der Waals surface area contributed by atoms with Crippen LogP contribution in [0.25, 0.3) is 10.9 Å². The number of benzene rings is 4. The van der Waals surface area contributed by atoms with Crippen LogP contribution in [0, 0.1) is 12.7 Å². The number of fused-ring (bicyclic) bond motifs is 5. The number of nitrogens with one attached hydrogen (secondary N) is 8. The normalized spacial score (nSPS) is 18.2. The Labute approximate surface area is 576 Å². The Balaban J connectivity index is 0.836. The maximum Gasteiger partial charge on any atom is 0.338 e. The number of likely N-dealkylation sites (tertiary alicyclic amines) is 1. The largest absolute Gasteiger partial charge is 0.497 e. The molecular weight excluding hydrogens is 1270 g/mol. The van der Waals surface area contributed by atoms with Gasteiger partial charge in [0.2, 0.25) is 53.7 Å². The molecule has 0 spiro atoms. The van der Waals surface area contributed by atoms with Gasteiger partial charge in [-0.2, -0.15) is 0 Å². The lowest BCUT2D eigenvalue weighted by atomic mass is 10.0. The quantitative estimate of drug-likeness (QED) is 0.0246. The average Bonchev–Trinajstić information content (AvgIpc) is 1.69. The number of aromatic nitrogens is 1. The van der Waals surface area contributed by atoms with Crippen molar-refractivity contribution in [3.63, 3.8) is 0 Å². The van der Waals surface area contributed by atoms with E-state index in [9.17, 15) is 57.1 Å². The molecule has 0 radical (unpaired) electrons. The summed E-state index contributed by atoms with van der Waals surface area (Å²) in [4.78, 5) is 151. The molecule has 27 heteroatoms. The van der Waals surface area contributed by atoms with Gasteiger partial charge in [0.15, 0.2) is 6.23 Å². The molecular formula is C72H94FN13O13. The maximum atomic E-state index is 14.1. The van der Waals surface area contributed by atoms with Crippen LogP contribution in [-0.2, 0) is 91.6 Å². The average molecular weight is 1370 g/mol. The van der Waals surface area contributed by atoms with Crippen LogP contribution in [0.5, 0.6) is 5.75 Å². The van der Waals surface area contributed by atoms with Crippen molar-refractivity contribution in [3.05, 3.63) is 136 Å². The second kappa shape index (κ2) is 36.6. The lowest BCUT2D eigenvalue weighted by Gasteiger charge is -2.34. The van der Waals surface area contributed by atoms with Crippen molar-refractivity contribution in [2.75, 3.05) is 46.4 Å². The first-order chi connectivity index (χ1) is 47.6. The fourth-order valence-corrected chi connectivity index (χ4v) is 12.4. The number of nitrogens with zero attached hydrogens (tertiary/aromatic N) is 5. The summed E-state index contributed by atoms with van der Waals surface area (Å²) in [6, 6.07) is 20.6. The van der Waals surface area contributed by atoms with Crippen LogP contribution in [0.3, 0.4) is 0 Å². The number of halogens is 1. The third-order valence-electron chi connectivity index (χ3n) is 18.1. The molecule has 8 N–H and O–H groups in total. The number of urea groups is 1. The van der Waals surface area contributed by atoms with Gasteiger partial charge in [-0.3, -0.25) is 47.9 Å². The van der Waals surface area contributed by atoms with Crippen LogP contribution >= 0.6 is 0 Å². The highest BCUT2D eigenvalue weighted by Crippen LogP contribution is 2.26. The highest BCUT2D eigenvalue weighted by molar-refractivity contribution is 5.95. The van der Waals surface area contributed by atoms with Gasteiger partial charge in [0.25, 0.3) is 5.91 Å². The van der Waals surface area contributed by atoms with Crippen molar-refractivity contribution in [3.8, 4) is 5.75 Å². The summed E-state index contributed by atoms with van der Waals surface area (Å²) in [5.74, 6) is -4.44. The lowest BCUT2D eigenvalue weighted by molar-refractivity contribution is -0.155. The molecule has 1 aromatic heterocycles. The van der Waals surface area contributed by atoms with Crippen LogP contribution in [0.4, 0.5) is 9.18 Å². The van der Waals surface area contributed by atoms with E-state index in [4.69, 9.17) is 9.47 Å². The van der Waals surface area contributed by atoms with E-state index in [1.165, 1.54) is 29.8 Å². The van der Waals surface area contributed by atoms with Gasteiger partial charge >= 0.3 is 6.03 Å². The Bertz CT molecular complexity index is 3660. The molecule has 4 bridgehead atoms. The molecule has 3 aliphatic heterocycles. The first-order valence-electron chi connectivity index (χ1n) is 34.2. The molecule has 4 aromatic carbocycles. The van der Waals surface area contributed by atoms with E-state index in [1.54, 1.807) is 67.5 Å². The first kappa shape index (κ1) is 74.9. The minimum Gasteiger partial charge on any atom is -0.497 e. The Morgan fingerprint density at radius 3 is 2.32 bits per heavy atom. The van der Waals surface area contributed by atoms with Crippen LogP contribution in [-0.4, -0.2) is 179 Å². The third-order valence-corrected chi connectivity index (χ3v) is 18.1. The van der Waals surface area contributed by atoms with Crippen molar-refractivity contribution in [1.82, 2.24) is 66.9 Å². The SMILES string of the molecule is CCC(C)NC(=O)N1[C@@H]2CCN1C(=O)C(C)NC(=O)[C@@H](NC(=O)CNC(=O)[C@H](C)NC(=O)CCC(=O)N(CCCCCCn1cc(C)c3cc(F)ccc31)Cc1ccc(CCNC(=O)[C@@H]3CCCN3C(=O)[C@H](Cc3ccc(OC)cc3)NC=O)cc1)Cc1cccc(c1)CNC(=O)CO2. The van der Waals surface area contributed by atoms with E-state index in [-0.39, 0.29) is 81.3 Å². The van der Waals surface area contributed by atoms with E-state index >= 15 is 0 Å². The predicted octanol–water partition coefficient (Wildman–Crippen LogP) is 4.26. The third kappa shape index (κ3) is 21.5. The minimum atomic E-state index is -1.28. The summed E-state index contributed by atoms with van der Waals surface area (Å²) in [6.45, 7) is 9.71. The molecule has 2 saturated heterocycles. The number of hydrogen-bond donors (Lipinski definition) is 8. The summed E-state index contributed by atoms with van der Waals surface area (Å²) in [7, 11) is 1.56. The Morgan fingerprint density at radius 2 is 1.58 bits per heavy atom. The van der Waals surface area contributed by atoms with E-state index in [0.29, 0.717) is 75.0 Å². The maximum absolute atomic E-state index is 14.1. The van der Waals surface area contributed by atoms with Gasteiger partial charge in [-0.25, -0.2) is 19.2 Å². The first-order valence-corrected chi connectivity index (χ1v) is 34.2. The standard InChI is InChI=1S/C72H94FN13O13/c1-7-47(3)78-72(97)86-66-30-35-85(86)70(95)49(5)80-68(93)58(38-53-14-12-15-54(36-53)40-75-64(90)44-99-66)81-63(89)41-76-67(92)48(4)79-62(88)27-28-65(91)83(33-11-9-8-10-32-82-42-46(2)57-39-55(73)23-26-60(57)82)43-52-19-17-50(18-20-52)29-31-74-69(94)61-16-13-34-84(61)71(96)59(77-45-87)37-51-21-24-56(98-6)25-22-51/h12,14-15,17-26,36,39,42,45,47-49,58-59,61,66H,7-11,13,16,27-35,37-38,40-41,43-44H2,1-6H3,(H,74,94)(H,75,90)(H,76,92)(H,77,87)(H,78,97)(H,79,88)(H,80,93)(H,81,89)/t47?,48-,49?,58-,59-,61-,66-/m0/s1. The fourth-order valence-electron chi connectivity index (χ4n) is 12.4. The van der Waals surface area contributed by atoms with Crippen LogP contribution < -0.4 is 47.3 Å². The van der Waals surface area contributed by atoms with Crippen molar-refractivity contribution in [2.24, 2.45) is 0 Å². The second-order valence-electron chi connectivity index (χ2n) is 25.6. The number of carbonyl (C=O) groups is 11. The number of hydrogen-bond acceptors (Lipinski definition) is 13. The highest BCUT2D eigenvalue weighted by Gasteiger charge is 2.42. The molecule has 8 rings (SSSR count). The van der Waals surface area contributed by atoms with E-state index in [0.717, 1.165) is 64.0 Å². The van der Waals surface area contributed by atoms with Gasteiger partial charge in [-0.05, 0) is 130 Å². The number of carbonyl (C=O) groups excluding carboxylic acids is 11. The summed E-state index contributed by atoms with van der Waals surface area (Å²) in [5, 5.41) is 24.9. The number of ether oxygens (including phenoxy) is 2. The van der Waals surface area contributed by atoms with Crippen LogP contribution in [0.2, 0.25) is 0 Å². The zero-order chi connectivity index (χ0) is 71.1. The summed E-state index contributed by atoms with van der Waals surface area (Å²) >= 11 is 0. The summed E-state index contributed by atoms with van der Waals surface area (Å²) in [6.07, 6.45) is 6.89. The van der Waals surface area contributed by atoms with E-state index < -0.39 is 91.1 Å². The molecule has 5 aromatic rings. The fraction of sp³-hybridized carbons (Fsp3) is 0.486. The molecule has 4 heterocycles. The lowest BCUT2D eigenvalue weighted by Crippen LogP contribution is -2.59. The number of amides is 12. The highest BCUT2D eigenvalue weighted by atomic mass is 19.1. The van der Waals surface area contributed by atoms with Gasteiger partial charge < -0.3 is 66.4 Å². The number of aryl methyl sites for hydroxylation is 2. The molecule has 0 saturated carbocycles. The molecule has 0 aliphatic carbocycles. The second-order valence-corrected chi connectivity index (χ2v) is 25.6. The molecule has 26 nitrogen and oxygen atoms in total. The Morgan fingerprint density at radius 1 is 0.838 bits per heavy atom. The Kier molecular flexibility index (Phi) is 27.7. The molecule has 532 valence electrons. The predicted molar refractivity (Wildman–Crippen MR) is 366 cm³/mol. The van der Waals surface area contributed by atoms with E-state index in [2.05, 4.69) is 47.1 Å². The van der Waals surface area contributed by atoms with Gasteiger partial charge in [0.1, 0.15) is 48.4 Å². The molecule has 3 aliphatic rings. The molecule has 2 fully saturated rings. The van der Waals surface area contributed by atoms with Crippen LogP contribution in [0.1, 0.15) is 125 Å². The molecule has 12 amide bonds. The number of rotatable bonds is 29. The Hall–Kier alpha value is -9.92. The zero-order valence-electron chi connectivity index (χ0n) is 57.3. The summed E-state index contributed by atoms with van der Waals surface area (Å²) < 4.78 is 27.3. The smallest absolute Gasteiger partial charge is 0.338 e. The summed E-state index contributed by atoms with van der Waals surface area (Å²) in [5.41, 5.74) is 5.81. The molecule has 7 atom stereocenters. The van der Waals surface area contributed by atoms with Crippen molar-refractivity contribution in [1.29, 1.82) is 0 Å².